The summed E-state index contributed by atoms with van der Waals surface area (Å²) in [6.07, 6.45) is -2.89. The first kappa shape index (κ1) is 15.0. The molecule has 0 amide bonds. The van der Waals surface area contributed by atoms with Crippen LogP contribution in [-0.2, 0) is 11.9 Å². The van der Waals surface area contributed by atoms with Crippen LogP contribution in [0.2, 0.25) is 5.02 Å². The van der Waals surface area contributed by atoms with Crippen LogP contribution in [0.15, 0.2) is 41.6 Å². The number of pyridine rings is 1. The van der Waals surface area contributed by atoms with E-state index in [9.17, 15) is 13.2 Å². The van der Waals surface area contributed by atoms with Gasteiger partial charge in [-0.15, -0.1) is 11.8 Å². The molecule has 0 aliphatic carbocycles. The summed E-state index contributed by atoms with van der Waals surface area (Å²) >= 11 is 7.07. The molecular formula is C13H10ClF3N2S. The molecule has 0 saturated heterocycles. The summed E-state index contributed by atoms with van der Waals surface area (Å²) in [5, 5.41) is 0.917. The average Bonchev–Trinajstić information content (AvgIpc) is 2.38. The van der Waals surface area contributed by atoms with Crippen molar-refractivity contribution in [2.24, 2.45) is 0 Å². The van der Waals surface area contributed by atoms with E-state index >= 15 is 0 Å². The lowest BCUT2D eigenvalue weighted by Crippen LogP contribution is -2.09. The Bertz CT molecular complexity index is 617. The highest BCUT2D eigenvalue weighted by Crippen LogP contribution is 2.36. The first-order valence-electron chi connectivity index (χ1n) is 5.57. The number of alkyl halides is 3. The molecule has 0 unspecified atom stereocenters. The summed E-state index contributed by atoms with van der Waals surface area (Å²) in [6, 6.07) is 7.07. The lowest BCUT2D eigenvalue weighted by molar-refractivity contribution is -0.138. The Morgan fingerprint density at radius 1 is 1.25 bits per heavy atom. The van der Waals surface area contributed by atoms with E-state index in [4.69, 9.17) is 17.3 Å². The number of hydrogen-bond acceptors (Lipinski definition) is 3. The third-order valence-corrected chi connectivity index (χ3v) is 4.00. The molecule has 106 valence electrons. The van der Waals surface area contributed by atoms with E-state index in [-0.39, 0.29) is 17.0 Å². The number of halogens is 4. The van der Waals surface area contributed by atoms with E-state index in [1.54, 1.807) is 18.3 Å². The molecule has 0 aliphatic rings. The molecular weight excluding hydrogens is 309 g/mol. The molecule has 0 radical (unpaired) electrons. The first-order valence-corrected chi connectivity index (χ1v) is 6.93. The van der Waals surface area contributed by atoms with Gasteiger partial charge in [-0.05, 0) is 29.8 Å². The van der Waals surface area contributed by atoms with E-state index in [1.807, 2.05) is 0 Å². The van der Waals surface area contributed by atoms with Crippen molar-refractivity contribution in [3.05, 3.63) is 52.7 Å². The quantitative estimate of drug-likeness (QED) is 0.662. The molecule has 7 heteroatoms. The number of nitrogens with two attached hydrogens (primary N) is 1. The van der Waals surface area contributed by atoms with Crippen molar-refractivity contribution in [1.29, 1.82) is 0 Å². The molecule has 2 rings (SSSR count). The van der Waals surface area contributed by atoms with Crippen molar-refractivity contribution < 1.29 is 13.2 Å². The second kappa shape index (κ2) is 5.93. The van der Waals surface area contributed by atoms with Gasteiger partial charge in [-0.2, -0.15) is 13.2 Å². The average molecular weight is 319 g/mol. The number of nitrogen functional groups attached to an aromatic ring is 1. The van der Waals surface area contributed by atoms with Crippen LogP contribution in [0, 0.1) is 0 Å². The van der Waals surface area contributed by atoms with Crippen LogP contribution in [-0.4, -0.2) is 4.98 Å². The number of aromatic nitrogens is 1. The molecule has 0 atom stereocenters. The predicted molar refractivity (Wildman–Crippen MR) is 74.7 cm³/mol. The fourth-order valence-corrected chi connectivity index (χ4v) is 2.78. The zero-order chi connectivity index (χ0) is 14.8. The second-order valence-corrected chi connectivity index (χ2v) is 5.36. The Balaban J connectivity index is 2.24. The van der Waals surface area contributed by atoms with Gasteiger partial charge in [-0.25, -0.2) is 4.98 Å². The van der Waals surface area contributed by atoms with E-state index in [1.165, 1.54) is 12.1 Å². The Morgan fingerprint density at radius 3 is 2.65 bits per heavy atom. The minimum atomic E-state index is -4.43. The SMILES string of the molecule is Nc1ccc(CSc2ncccc2Cl)c(C(F)(F)F)c1. The van der Waals surface area contributed by atoms with Gasteiger partial charge in [-0.1, -0.05) is 17.7 Å². The van der Waals surface area contributed by atoms with Gasteiger partial charge < -0.3 is 5.73 Å². The normalized spacial score (nSPS) is 11.6. The molecule has 20 heavy (non-hydrogen) atoms. The minimum absolute atomic E-state index is 0.0851. The molecule has 0 saturated carbocycles. The smallest absolute Gasteiger partial charge is 0.399 e. The topological polar surface area (TPSA) is 38.9 Å². The highest BCUT2D eigenvalue weighted by Gasteiger charge is 2.33. The zero-order valence-corrected chi connectivity index (χ0v) is 11.7. The van der Waals surface area contributed by atoms with Crippen LogP contribution in [0.25, 0.3) is 0 Å². The summed E-state index contributed by atoms with van der Waals surface area (Å²) in [5.74, 6) is 0.117. The fraction of sp³-hybridized carbons (Fsp3) is 0.154. The van der Waals surface area contributed by atoms with Crippen molar-refractivity contribution in [2.45, 2.75) is 17.0 Å². The summed E-state index contributed by atoms with van der Waals surface area (Å²) in [6.45, 7) is 0. The maximum absolute atomic E-state index is 12.9. The number of thioether (sulfide) groups is 1. The number of hydrogen-bond donors (Lipinski definition) is 1. The number of anilines is 1. The molecule has 2 nitrogen and oxygen atoms in total. The summed E-state index contributed by atoms with van der Waals surface area (Å²) in [5.41, 5.74) is 4.93. The van der Waals surface area contributed by atoms with Crippen molar-refractivity contribution in [3.63, 3.8) is 0 Å². The largest absolute Gasteiger partial charge is 0.416 e. The summed E-state index contributed by atoms with van der Waals surface area (Å²) < 4.78 is 38.8. The van der Waals surface area contributed by atoms with Crippen LogP contribution < -0.4 is 5.73 Å². The van der Waals surface area contributed by atoms with Gasteiger partial charge in [0.2, 0.25) is 0 Å². The van der Waals surface area contributed by atoms with Crippen LogP contribution in [0.1, 0.15) is 11.1 Å². The van der Waals surface area contributed by atoms with Crippen molar-refractivity contribution in [2.75, 3.05) is 5.73 Å². The number of nitrogens with zero attached hydrogens (tertiary/aromatic N) is 1. The van der Waals surface area contributed by atoms with Crippen molar-refractivity contribution in [3.8, 4) is 0 Å². The van der Waals surface area contributed by atoms with Crippen molar-refractivity contribution in [1.82, 2.24) is 4.98 Å². The van der Waals surface area contributed by atoms with E-state index in [0.717, 1.165) is 17.8 Å². The fourth-order valence-electron chi connectivity index (χ4n) is 1.61. The molecule has 2 N–H and O–H groups in total. The molecule has 1 aromatic heterocycles. The molecule has 0 aliphatic heterocycles. The third kappa shape index (κ3) is 3.58. The van der Waals surface area contributed by atoms with Gasteiger partial charge in [0, 0.05) is 17.6 Å². The van der Waals surface area contributed by atoms with Crippen LogP contribution in [0.3, 0.4) is 0 Å². The Kier molecular flexibility index (Phi) is 4.45. The van der Waals surface area contributed by atoms with Crippen molar-refractivity contribution >= 4 is 29.1 Å². The maximum atomic E-state index is 12.9. The van der Waals surface area contributed by atoms with Gasteiger partial charge in [0.15, 0.2) is 0 Å². The van der Waals surface area contributed by atoms with Crippen LogP contribution >= 0.6 is 23.4 Å². The van der Waals surface area contributed by atoms with Gasteiger partial charge in [-0.3, -0.25) is 0 Å². The summed E-state index contributed by atoms with van der Waals surface area (Å²) in [7, 11) is 0. The number of benzene rings is 1. The summed E-state index contributed by atoms with van der Waals surface area (Å²) in [4.78, 5) is 4.03. The molecule has 1 heterocycles. The molecule has 0 bridgehead atoms. The lowest BCUT2D eigenvalue weighted by Gasteiger charge is -2.13. The Morgan fingerprint density at radius 2 is 2.00 bits per heavy atom. The van der Waals surface area contributed by atoms with Gasteiger partial charge in [0.05, 0.1) is 10.6 Å². The highest BCUT2D eigenvalue weighted by molar-refractivity contribution is 7.98. The molecule has 2 aromatic rings. The second-order valence-electron chi connectivity index (χ2n) is 3.99. The van der Waals surface area contributed by atoms with Crippen LogP contribution in [0.4, 0.5) is 18.9 Å². The van der Waals surface area contributed by atoms with Gasteiger partial charge >= 0.3 is 6.18 Å². The molecule has 0 fully saturated rings. The van der Waals surface area contributed by atoms with Gasteiger partial charge in [0.1, 0.15) is 5.03 Å². The minimum Gasteiger partial charge on any atom is -0.399 e. The number of rotatable bonds is 3. The monoisotopic (exact) mass is 318 g/mol. The predicted octanol–water partition coefficient (Wildman–Crippen LogP) is 4.63. The zero-order valence-electron chi connectivity index (χ0n) is 10.1. The van der Waals surface area contributed by atoms with E-state index in [2.05, 4.69) is 4.98 Å². The standard InChI is InChI=1S/C13H10ClF3N2S/c14-11-2-1-5-19-12(11)20-7-8-3-4-9(18)6-10(8)13(15,16)17/h1-6H,7,18H2. The highest BCUT2D eigenvalue weighted by atomic mass is 35.5. The Labute approximate surface area is 123 Å². The lowest BCUT2D eigenvalue weighted by atomic mass is 10.1. The molecule has 0 spiro atoms. The van der Waals surface area contributed by atoms with Crippen LogP contribution in [0.5, 0.6) is 0 Å². The maximum Gasteiger partial charge on any atom is 0.416 e. The third-order valence-electron chi connectivity index (χ3n) is 2.53. The van der Waals surface area contributed by atoms with E-state index < -0.39 is 11.7 Å². The van der Waals surface area contributed by atoms with Gasteiger partial charge in [0.25, 0.3) is 0 Å². The first-order chi connectivity index (χ1) is 9.38. The van der Waals surface area contributed by atoms with E-state index in [0.29, 0.717) is 10.0 Å². The Hall–Kier alpha value is -1.40. The molecule has 1 aromatic carbocycles.